The van der Waals surface area contributed by atoms with Gasteiger partial charge in [0.1, 0.15) is 5.82 Å². The minimum absolute atomic E-state index is 0.349. The minimum atomic E-state index is 0.349. The van der Waals surface area contributed by atoms with Crippen LogP contribution in [0.25, 0.3) is 0 Å². The molecular formula is C14H21N3O2. The Kier molecular flexibility index (Phi) is 4.06. The van der Waals surface area contributed by atoms with E-state index in [1.165, 1.54) is 6.42 Å². The highest BCUT2D eigenvalue weighted by Crippen LogP contribution is 2.43. The van der Waals surface area contributed by atoms with E-state index in [1.54, 1.807) is 7.11 Å². The average molecular weight is 263 g/mol. The van der Waals surface area contributed by atoms with Gasteiger partial charge in [-0.1, -0.05) is 0 Å². The molecule has 0 saturated carbocycles. The van der Waals surface area contributed by atoms with E-state index in [9.17, 15) is 0 Å². The maximum Gasteiger partial charge on any atom is 0.134 e. The van der Waals surface area contributed by atoms with Gasteiger partial charge in [0.25, 0.3) is 0 Å². The van der Waals surface area contributed by atoms with E-state index in [-0.39, 0.29) is 0 Å². The normalized spacial score (nSPS) is 29.0. The molecule has 1 aromatic rings. The molecule has 0 radical (unpaired) electrons. The van der Waals surface area contributed by atoms with Crippen LogP contribution in [0.4, 0.5) is 0 Å². The van der Waals surface area contributed by atoms with Crippen molar-refractivity contribution in [2.75, 3.05) is 20.3 Å². The van der Waals surface area contributed by atoms with Crippen LogP contribution in [0.15, 0.2) is 12.3 Å². The van der Waals surface area contributed by atoms with Crippen LogP contribution >= 0.6 is 0 Å². The van der Waals surface area contributed by atoms with Gasteiger partial charge in [0.15, 0.2) is 0 Å². The molecule has 2 aliphatic rings. The number of rotatable bonds is 6. The number of hydrogen-bond donors (Lipinski definition) is 1. The Bertz CT molecular complexity index is 427. The van der Waals surface area contributed by atoms with Crippen molar-refractivity contribution in [1.82, 2.24) is 15.3 Å². The van der Waals surface area contributed by atoms with Gasteiger partial charge in [0.05, 0.1) is 24.5 Å². The van der Waals surface area contributed by atoms with Crippen LogP contribution in [0.3, 0.4) is 0 Å². The first-order chi connectivity index (χ1) is 9.36. The van der Waals surface area contributed by atoms with Gasteiger partial charge in [-0.05, 0) is 25.3 Å². The molecule has 0 spiro atoms. The Morgan fingerprint density at radius 1 is 1.47 bits per heavy atom. The molecule has 3 heterocycles. The number of hydrogen-bond acceptors (Lipinski definition) is 5. The summed E-state index contributed by atoms with van der Waals surface area (Å²) in [5.74, 6) is 1.36. The molecule has 2 saturated heterocycles. The zero-order chi connectivity index (χ0) is 13.1. The molecule has 0 aromatic carbocycles. The van der Waals surface area contributed by atoms with Crippen LogP contribution in [-0.2, 0) is 16.0 Å². The van der Waals surface area contributed by atoms with Crippen LogP contribution in [0.5, 0.6) is 0 Å². The second-order valence-corrected chi connectivity index (χ2v) is 5.29. The Labute approximate surface area is 113 Å². The highest BCUT2D eigenvalue weighted by molar-refractivity contribution is 5.11. The lowest BCUT2D eigenvalue weighted by molar-refractivity contribution is 0.0998. The van der Waals surface area contributed by atoms with Crippen LogP contribution in [0, 0.1) is 0 Å². The zero-order valence-corrected chi connectivity index (χ0v) is 11.3. The van der Waals surface area contributed by atoms with Gasteiger partial charge in [0.2, 0.25) is 0 Å². The Morgan fingerprint density at radius 3 is 3.16 bits per heavy atom. The molecule has 3 unspecified atom stereocenters. The van der Waals surface area contributed by atoms with E-state index < -0.39 is 0 Å². The number of nitrogens with one attached hydrogen (secondary N) is 1. The molecule has 19 heavy (non-hydrogen) atoms. The number of methoxy groups -OCH3 is 1. The van der Waals surface area contributed by atoms with Crippen molar-refractivity contribution in [1.29, 1.82) is 0 Å². The summed E-state index contributed by atoms with van der Waals surface area (Å²) >= 11 is 0. The molecular weight excluding hydrogens is 242 g/mol. The summed E-state index contributed by atoms with van der Waals surface area (Å²) in [4.78, 5) is 9.12. The lowest BCUT2D eigenvalue weighted by Gasteiger charge is -2.17. The first-order valence-corrected chi connectivity index (χ1v) is 7.04. The molecule has 5 heteroatoms. The molecule has 5 nitrogen and oxygen atoms in total. The molecule has 1 N–H and O–H groups in total. The van der Waals surface area contributed by atoms with Crippen molar-refractivity contribution >= 4 is 0 Å². The maximum absolute atomic E-state index is 5.88. The summed E-state index contributed by atoms with van der Waals surface area (Å²) in [5.41, 5.74) is 1.05. The predicted molar refractivity (Wildman–Crippen MR) is 70.9 cm³/mol. The summed E-state index contributed by atoms with van der Waals surface area (Å²) in [6.45, 7) is 2.33. The first-order valence-electron chi connectivity index (χ1n) is 7.04. The van der Waals surface area contributed by atoms with Crippen molar-refractivity contribution in [2.45, 2.75) is 43.9 Å². The van der Waals surface area contributed by atoms with Crippen LogP contribution in [0.2, 0.25) is 0 Å². The zero-order valence-electron chi connectivity index (χ0n) is 11.3. The first kappa shape index (κ1) is 13.0. The van der Waals surface area contributed by atoms with E-state index in [0.717, 1.165) is 44.1 Å². The SMILES string of the molecule is COCCNCc1ccnc(C2CC3CCC2O3)n1. The third-order valence-electron chi connectivity index (χ3n) is 3.96. The molecule has 2 aliphatic heterocycles. The average Bonchev–Trinajstić information content (AvgIpc) is 3.07. The van der Waals surface area contributed by atoms with Crippen LogP contribution in [-0.4, -0.2) is 42.4 Å². The molecule has 0 aliphatic carbocycles. The van der Waals surface area contributed by atoms with Gasteiger partial charge < -0.3 is 14.8 Å². The summed E-state index contributed by atoms with van der Waals surface area (Å²) in [6.07, 6.45) is 6.12. The molecule has 3 rings (SSSR count). The van der Waals surface area contributed by atoms with Gasteiger partial charge in [0, 0.05) is 32.3 Å². The fourth-order valence-electron chi connectivity index (χ4n) is 2.99. The molecule has 0 amide bonds. The Hall–Kier alpha value is -1.04. The number of aromatic nitrogens is 2. The van der Waals surface area contributed by atoms with E-state index in [1.807, 2.05) is 12.3 Å². The van der Waals surface area contributed by atoms with Gasteiger partial charge in [-0.15, -0.1) is 0 Å². The highest BCUT2D eigenvalue weighted by atomic mass is 16.5. The van der Waals surface area contributed by atoms with E-state index >= 15 is 0 Å². The number of nitrogens with zero attached hydrogens (tertiary/aromatic N) is 2. The topological polar surface area (TPSA) is 56.3 Å². The third kappa shape index (κ3) is 2.94. The maximum atomic E-state index is 5.88. The van der Waals surface area contributed by atoms with Crippen LogP contribution in [0.1, 0.15) is 36.7 Å². The van der Waals surface area contributed by atoms with Crippen LogP contribution < -0.4 is 5.32 Å². The second kappa shape index (κ2) is 5.94. The summed E-state index contributed by atoms with van der Waals surface area (Å²) in [6, 6.07) is 1.97. The van der Waals surface area contributed by atoms with E-state index in [4.69, 9.17) is 9.47 Å². The largest absolute Gasteiger partial charge is 0.383 e. The van der Waals surface area contributed by atoms with Gasteiger partial charge in [-0.25, -0.2) is 9.97 Å². The minimum Gasteiger partial charge on any atom is -0.383 e. The fourth-order valence-corrected chi connectivity index (χ4v) is 2.99. The predicted octanol–water partition coefficient (Wildman–Crippen LogP) is 1.25. The lowest BCUT2D eigenvalue weighted by atomic mass is 9.88. The molecule has 2 bridgehead atoms. The Morgan fingerprint density at radius 2 is 2.42 bits per heavy atom. The van der Waals surface area contributed by atoms with Crippen molar-refractivity contribution in [2.24, 2.45) is 0 Å². The summed E-state index contributed by atoms with van der Waals surface area (Å²) in [7, 11) is 1.71. The van der Waals surface area contributed by atoms with Crippen molar-refractivity contribution in [3.8, 4) is 0 Å². The molecule has 2 fully saturated rings. The summed E-state index contributed by atoms with van der Waals surface area (Å²) < 4.78 is 10.9. The van der Waals surface area contributed by atoms with Crippen molar-refractivity contribution in [3.05, 3.63) is 23.8 Å². The highest BCUT2D eigenvalue weighted by Gasteiger charge is 2.42. The van der Waals surface area contributed by atoms with E-state index in [0.29, 0.717) is 18.1 Å². The van der Waals surface area contributed by atoms with Crippen molar-refractivity contribution < 1.29 is 9.47 Å². The summed E-state index contributed by atoms with van der Waals surface area (Å²) in [5, 5.41) is 3.31. The molecule has 104 valence electrons. The van der Waals surface area contributed by atoms with Gasteiger partial charge >= 0.3 is 0 Å². The molecule has 3 atom stereocenters. The fraction of sp³-hybridized carbons (Fsp3) is 0.714. The Balaban J connectivity index is 1.60. The van der Waals surface area contributed by atoms with E-state index in [2.05, 4.69) is 15.3 Å². The standard InChI is InChI=1S/C14H21N3O2/c1-18-7-6-15-9-10-4-5-16-14(17-10)12-8-11-2-3-13(12)19-11/h4-5,11-13,15H,2-3,6-9H2,1H3. The van der Waals surface area contributed by atoms with Gasteiger partial charge in [-0.3, -0.25) is 0 Å². The smallest absolute Gasteiger partial charge is 0.134 e. The monoisotopic (exact) mass is 263 g/mol. The number of ether oxygens (including phenoxy) is 2. The lowest BCUT2D eigenvalue weighted by Crippen LogP contribution is -2.21. The second-order valence-electron chi connectivity index (χ2n) is 5.29. The van der Waals surface area contributed by atoms with Gasteiger partial charge in [-0.2, -0.15) is 0 Å². The third-order valence-corrected chi connectivity index (χ3v) is 3.96. The molecule has 1 aromatic heterocycles. The van der Waals surface area contributed by atoms with Crippen molar-refractivity contribution in [3.63, 3.8) is 0 Å². The number of fused-ring (bicyclic) bond motifs is 2. The quantitative estimate of drug-likeness (QED) is 0.783.